The van der Waals surface area contributed by atoms with E-state index in [2.05, 4.69) is 0 Å². The molecule has 3 aromatic rings. The summed E-state index contributed by atoms with van der Waals surface area (Å²) in [4.78, 5) is 39.1. The Labute approximate surface area is 195 Å². The lowest BCUT2D eigenvalue weighted by atomic mass is 10.1. The predicted octanol–water partition coefficient (Wildman–Crippen LogP) is 5.46. The summed E-state index contributed by atoms with van der Waals surface area (Å²) in [5.74, 6) is 0.226. The average molecular weight is 460 g/mol. The van der Waals surface area contributed by atoms with Crippen molar-refractivity contribution in [3.05, 3.63) is 100.0 Å². The van der Waals surface area contributed by atoms with Crippen molar-refractivity contribution in [3.8, 4) is 11.5 Å². The fraction of sp³-hybridized carbons (Fsp3) is 0.115. The number of methoxy groups -OCH3 is 1. The summed E-state index contributed by atoms with van der Waals surface area (Å²) in [6, 6.07) is 21.1. The van der Waals surface area contributed by atoms with E-state index in [4.69, 9.17) is 9.47 Å². The molecule has 3 aromatic carbocycles. The van der Waals surface area contributed by atoms with Gasteiger partial charge < -0.3 is 9.47 Å². The molecule has 2 amide bonds. The lowest BCUT2D eigenvalue weighted by molar-refractivity contribution is -0.123. The van der Waals surface area contributed by atoms with E-state index in [1.54, 1.807) is 61.7 Å². The lowest BCUT2D eigenvalue weighted by Crippen LogP contribution is -2.27. The van der Waals surface area contributed by atoms with Crippen LogP contribution in [-0.4, -0.2) is 29.1 Å². The van der Waals surface area contributed by atoms with Crippen molar-refractivity contribution in [2.45, 2.75) is 13.5 Å². The average Bonchev–Trinajstić information content (AvgIpc) is 3.07. The Morgan fingerprint density at radius 2 is 1.67 bits per heavy atom. The molecule has 7 heteroatoms. The van der Waals surface area contributed by atoms with E-state index >= 15 is 0 Å². The third-order valence-corrected chi connectivity index (χ3v) is 5.92. The molecule has 0 bridgehead atoms. The fourth-order valence-corrected chi connectivity index (χ4v) is 4.14. The number of aryl methyl sites for hydroxylation is 1. The molecule has 166 valence electrons. The number of carbonyl (C=O) groups excluding carboxylic acids is 3. The van der Waals surface area contributed by atoms with Crippen LogP contribution in [0.2, 0.25) is 0 Å². The van der Waals surface area contributed by atoms with Gasteiger partial charge in [0, 0.05) is 0 Å². The van der Waals surface area contributed by atoms with Gasteiger partial charge in [-0.3, -0.25) is 14.5 Å². The van der Waals surface area contributed by atoms with E-state index in [0.717, 1.165) is 28.5 Å². The molecule has 6 nitrogen and oxygen atoms in total. The van der Waals surface area contributed by atoms with Crippen LogP contribution in [0.15, 0.2) is 77.7 Å². The summed E-state index contributed by atoms with van der Waals surface area (Å²) in [5, 5.41) is -0.294. The van der Waals surface area contributed by atoms with Crippen LogP contribution in [0.1, 0.15) is 27.0 Å². The predicted molar refractivity (Wildman–Crippen MR) is 127 cm³/mol. The van der Waals surface area contributed by atoms with Gasteiger partial charge in [0.15, 0.2) is 0 Å². The minimum atomic E-state index is -0.484. The second-order valence-corrected chi connectivity index (χ2v) is 8.44. The Bertz CT molecular complexity index is 1230. The van der Waals surface area contributed by atoms with E-state index in [0.29, 0.717) is 22.0 Å². The van der Waals surface area contributed by atoms with Crippen molar-refractivity contribution >= 4 is 35.0 Å². The van der Waals surface area contributed by atoms with Crippen molar-refractivity contribution in [3.63, 3.8) is 0 Å². The molecule has 1 aliphatic heterocycles. The number of amides is 2. The number of ether oxygens (including phenoxy) is 2. The lowest BCUT2D eigenvalue weighted by Gasteiger charge is -2.12. The molecule has 1 aliphatic rings. The van der Waals surface area contributed by atoms with Gasteiger partial charge in [-0.25, -0.2) is 4.79 Å². The van der Waals surface area contributed by atoms with Gasteiger partial charge in [0.1, 0.15) is 11.5 Å². The highest BCUT2D eigenvalue weighted by molar-refractivity contribution is 8.18. The van der Waals surface area contributed by atoms with Gasteiger partial charge in [0.25, 0.3) is 11.1 Å². The maximum absolute atomic E-state index is 12.8. The highest BCUT2D eigenvalue weighted by Gasteiger charge is 2.34. The summed E-state index contributed by atoms with van der Waals surface area (Å²) in [7, 11) is 1.55. The molecule has 0 N–H and O–H groups in total. The first kappa shape index (κ1) is 22.4. The van der Waals surface area contributed by atoms with Gasteiger partial charge in [-0.1, -0.05) is 42.0 Å². The number of hydrogen-bond donors (Lipinski definition) is 0. The number of imide groups is 1. The first-order chi connectivity index (χ1) is 15.9. The van der Waals surface area contributed by atoms with Crippen LogP contribution < -0.4 is 9.47 Å². The molecular weight excluding hydrogens is 438 g/mol. The maximum atomic E-state index is 12.8. The van der Waals surface area contributed by atoms with Gasteiger partial charge >= 0.3 is 5.97 Å². The summed E-state index contributed by atoms with van der Waals surface area (Å²) < 4.78 is 10.5. The van der Waals surface area contributed by atoms with Crippen molar-refractivity contribution < 1.29 is 23.9 Å². The first-order valence-electron chi connectivity index (χ1n) is 10.2. The molecule has 0 spiro atoms. The van der Waals surface area contributed by atoms with E-state index in [-0.39, 0.29) is 17.7 Å². The Balaban J connectivity index is 1.42. The van der Waals surface area contributed by atoms with Gasteiger partial charge in [-0.15, -0.1) is 0 Å². The number of carbonyl (C=O) groups is 3. The van der Waals surface area contributed by atoms with Crippen LogP contribution in [0.25, 0.3) is 6.08 Å². The van der Waals surface area contributed by atoms with Gasteiger partial charge in [0.2, 0.25) is 0 Å². The fourth-order valence-electron chi connectivity index (χ4n) is 3.31. The summed E-state index contributed by atoms with van der Waals surface area (Å²) in [6.07, 6.45) is 1.66. The molecule has 0 unspecified atom stereocenters. The quantitative estimate of drug-likeness (QED) is 0.277. The topological polar surface area (TPSA) is 72.9 Å². The van der Waals surface area contributed by atoms with Gasteiger partial charge in [-0.2, -0.15) is 0 Å². The zero-order valence-electron chi connectivity index (χ0n) is 18.1. The second kappa shape index (κ2) is 9.75. The van der Waals surface area contributed by atoms with Gasteiger partial charge in [-0.05, 0) is 72.3 Å². The molecule has 0 aromatic heterocycles. The zero-order chi connectivity index (χ0) is 23.4. The molecular formula is C26H21NO5S. The third-order valence-electron chi connectivity index (χ3n) is 5.01. The molecule has 33 heavy (non-hydrogen) atoms. The van der Waals surface area contributed by atoms with E-state index < -0.39 is 5.97 Å². The Morgan fingerprint density at radius 1 is 0.970 bits per heavy atom. The Kier molecular flexibility index (Phi) is 6.60. The van der Waals surface area contributed by atoms with Crippen LogP contribution in [-0.2, 0) is 11.3 Å². The van der Waals surface area contributed by atoms with Crippen molar-refractivity contribution in [1.29, 1.82) is 0 Å². The largest absolute Gasteiger partial charge is 0.497 e. The molecule has 0 aliphatic carbocycles. The number of nitrogens with zero attached hydrogens (tertiary/aromatic N) is 1. The smallest absolute Gasteiger partial charge is 0.343 e. The molecule has 4 rings (SSSR count). The summed E-state index contributed by atoms with van der Waals surface area (Å²) in [5.41, 5.74) is 3.10. The zero-order valence-corrected chi connectivity index (χ0v) is 18.9. The van der Waals surface area contributed by atoms with Gasteiger partial charge in [0.05, 0.1) is 24.1 Å². The van der Waals surface area contributed by atoms with Crippen molar-refractivity contribution in [1.82, 2.24) is 4.90 Å². The molecule has 0 radical (unpaired) electrons. The number of rotatable bonds is 6. The SMILES string of the molecule is COc1ccc(C(=O)Oc2ccc(/C=C3/SC(=O)N(Cc4cccc(C)c4)C3=O)cc2)cc1. The highest BCUT2D eigenvalue weighted by atomic mass is 32.2. The second-order valence-electron chi connectivity index (χ2n) is 7.44. The highest BCUT2D eigenvalue weighted by Crippen LogP contribution is 2.33. The molecule has 0 atom stereocenters. The van der Waals surface area contributed by atoms with E-state index in [1.165, 1.54) is 4.90 Å². The number of esters is 1. The van der Waals surface area contributed by atoms with Crippen LogP contribution in [0.5, 0.6) is 11.5 Å². The Morgan fingerprint density at radius 3 is 2.33 bits per heavy atom. The number of thioether (sulfide) groups is 1. The minimum absolute atomic E-state index is 0.240. The van der Waals surface area contributed by atoms with Crippen LogP contribution in [0.4, 0.5) is 4.79 Å². The summed E-state index contributed by atoms with van der Waals surface area (Å²) in [6.45, 7) is 2.21. The Hall–Kier alpha value is -3.84. The molecule has 1 heterocycles. The monoisotopic (exact) mass is 459 g/mol. The standard InChI is InChI=1S/C26H21NO5S/c1-17-4-3-5-19(14-17)16-27-24(28)23(33-26(27)30)15-18-6-10-22(11-7-18)32-25(29)20-8-12-21(31-2)13-9-20/h3-15H,16H2,1-2H3/b23-15+. The maximum Gasteiger partial charge on any atom is 0.343 e. The van der Waals surface area contributed by atoms with Crippen molar-refractivity contribution in [2.24, 2.45) is 0 Å². The summed E-state index contributed by atoms with van der Waals surface area (Å²) >= 11 is 0.918. The number of benzene rings is 3. The molecule has 1 fully saturated rings. The molecule has 1 saturated heterocycles. The normalized spacial score (nSPS) is 14.6. The van der Waals surface area contributed by atoms with Crippen molar-refractivity contribution in [2.75, 3.05) is 7.11 Å². The minimum Gasteiger partial charge on any atom is -0.497 e. The van der Waals surface area contributed by atoms with Crippen LogP contribution in [0.3, 0.4) is 0 Å². The van der Waals surface area contributed by atoms with E-state index in [1.807, 2.05) is 31.2 Å². The van der Waals surface area contributed by atoms with E-state index in [9.17, 15) is 14.4 Å². The van der Waals surface area contributed by atoms with Crippen LogP contribution in [0, 0.1) is 6.92 Å². The first-order valence-corrected chi connectivity index (χ1v) is 11.0. The third kappa shape index (κ3) is 5.32. The van der Waals surface area contributed by atoms with Crippen LogP contribution >= 0.6 is 11.8 Å². The number of hydrogen-bond acceptors (Lipinski definition) is 6. The molecule has 0 saturated carbocycles.